The van der Waals surface area contributed by atoms with Crippen LogP contribution >= 0.6 is 15.9 Å². The number of carboxylic acid groups (broad SMARTS) is 1. The van der Waals surface area contributed by atoms with Crippen molar-refractivity contribution in [3.05, 3.63) is 27.7 Å². The van der Waals surface area contributed by atoms with Crippen LogP contribution in [0.1, 0.15) is 17.2 Å². The third-order valence-electron chi connectivity index (χ3n) is 2.01. The molecule has 0 saturated carbocycles. The van der Waals surface area contributed by atoms with Gasteiger partial charge in [0.25, 0.3) is 0 Å². The first-order valence-corrected chi connectivity index (χ1v) is 5.02. The van der Waals surface area contributed by atoms with Gasteiger partial charge in [0.2, 0.25) is 0 Å². The molecule has 94 valence electrons. The summed E-state index contributed by atoms with van der Waals surface area (Å²) in [6, 6.07) is -0.0508. The normalized spacial score (nSPS) is 13.5. The van der Waals surface area contributed by atoms with Crippen molar-refractivity contribution in [3.63, 3.8) is 0 Å². The lowest BCUT2D eigenvalue weighted by molar-refractivity contribution is -0.141. The van der Waals surface area contributed by atoms with Crippen LogP contribution in [0.25, 0.3) is 0 Å². The Labute approximate surface area is 102 Å². The van der Waals surface area contributed by atoms with E-state index in [0.29, 0.717) is 6.07 Å². The molecule has 0 amide bonds. The molecular weight excluding hydrogens is 307 g/mol. The largest absolute Gasteiger partial charge is 0.507 e. The van der Waals surface area contributed by atoms with E-state index in [-0.39, 0.29) is 4.47 Å². The number of alkyl halides is 3. The molecule has 1 atom stereocenters. The molecule has 17 heavy (non-hydrogen) atoms. The van der Waals surface area contributed by atoms with Crippen LogP contribution in [-0.4, -0.2) is 16.2 Å². The summed E-state index contributed by atoms with van der Waals surface area (Å²) < 4.78 is 37.5. The molecule has 1 unspecified atom stereocenters. The highest BCUT2D eigenvalue weighted by Crippen LogP contribution is 2.41. The molecule has 4 nitrogen and oxygen atoms in total. The van der Waals surface area contributed by atoms with Gasteiger partial charge in [0.1, 0.15) is 11.8 Å². The van der Waals surface area contributed by atoms with E-state index in [9.17, 15) is 23.1 Å². The van der Waals surface area contributed by atoms with E-state index in [0.717, 1.165) is 6.07 Å². The zero-order valence-corrected chi connectivity index (χ0v) is 9.71. The highest BCUT2D eigenvalue weighted by atomic mass is 79.9. The van der Waals surface area contributed by atoms with E-state index in [1.807, 2.05) is 0 Å². The van der Waals surface area contributed by atoms with Crippen molar-refractivity contribution in [1.82, 2.24) is 0 Å². The number of hydrogen-bond donors (Lipinski definition) is 3. The van der Waals surface area contributed by atoms with Crippen molar-refractivity contribution >= 4 is 21.9 Å². The molecule has 0 fully saturated rings. The molecule has 0 aliphatic carbocycles. The summed E-state index contributed by atoms with van der Waals surface area (Å²) >= 11 is 2.80. The minimum atomic E-state index is -4.79. The molecule has 0 saturated heterocycles. The van der Waals surface area contributed by atoms with Crippen molar-refractivity contribution in [1.29, 1.82) is 0 Å². The van der Waals surface area contributed by atoms with Crippen molar-refractivity contribution in [2.75, 3.05) is 0 Å². The van der Waals surface area contributed by atoms with Gasteiger partial charge in [-0.2, -0.15) is 13.2 Å². The number of carboxylic acids is 1. The maximum absolute atomic E-state index is 12.5. The van der Waals surface area contributed by atoms with E-state index in [1.54, 1.807) is 0 Å². The molecule has 8 heteroatoms. The molecule has 0 aliphatic heterocycles. The number of carbonyl (C=O) groups is 1. The first-order chi connectivity index (χ1) is 7.64. The Morgan fingerprint density at radius 1 is 1.41 bits per heavy atom. The standard InChI is InChI=1S/C9H7BrF3NO3/c10-3-1-4(6(14)8(16)17)7(15)5(2-3)9(11,12)13/h1-2,6,15H,14H2,(H,16,17). The number of rotatable bonds is 2. The Kier molecular flexibility index (Phi) is 3.68. The lowest BCUT2D eigenvalue weighted by Crippen LogP contribution is -2.21. The van der Waals surface area contributed by atoms with Crippen LogP contribution in [0.15, 0.2) is 16.6 Å². The number of benzene rings is 1. The van der Waals surface area contributed by atoms with Gasteiger partial charge in [-0.05, 0) is 12.1 Å². The van der Waals surface area contributed by atoms with Gasteiger partial charge in [-0.15, -0.1) is 0 Å². The summed E-state index contributed by atoms with van der Waals surface area (Å²) in [4.78, 5) is 10.6. The van der Waals surface area contributed by atoms with E-state index in [2.05, 4.69) is 15.9 Å². The highest BCUT2D eigenvalue weighted by Gasteiger charge is 2.36. The van der Waals surface area contributed by atoms with E-state index < -0.39 is 35.1 Å². The first kappa shape index (κ1) is 13.8. The van der Waals surface area contributed by atoms with Gasteiger partial charge in [-0.3, -0.25) is 4.79 Å². The summed E-state index contributed by atoms with van der Waals surface area (Å²) in [6.07, 6.45) is -4.79. The van der Waals surface area contributed by atoms with Crippen LogP contribution in [-0.2, 0) is 11.0 Å². The third-order valence-corrected chi connectivity index (χ3v) is 2.47. The number of hydrogen-bond acceptors (Lipinski definition) is 3. The first-order valence-electron chi connectivity index (χ1n) is 4.22. The Bertz CT molecular complexity index is 462. The molecule has 1 rings (SSSR count). The second-order valence-corrected chi connectivity index (χ2v) is 4.12. The second-order valence-electron chi connectivity index (χ2n) is 3.20. The van der Waals surface area contributed by atoms with Gasteiger partial charge in [0.05, 0.1) is 5.56 Å². The van der Waals surface area contributed by atoms with Crippen LogP contribution in [0.3, 0.4) is 0 Å². The SMILES string of the molecule is NC(C(=O)O)c1cc(Br)cc(C(F)(F)F)c1O. The van der Waals surface area contributed by atoms with Gasteiger partial charge in [-0.25, -0.2) is 0 Å². The Morgan fingerprint density at radius 2 is 1.94 bits per heavy atom. The Balaban J connectivity index is 3.44. The number of halogens is 4. The molecule has 0 heterocycles. The maximum Gasteiger partial charge on any atom is 0.420 e. The molecule has 0 spiro atoms. The Hall–Kier alpha value is -1.28. The zero-order valence-electron chi connectivity index (χ0n) is 8.12. The lowest BCUT2D eigenvalue weighted by atomic mass is 10.0. The number of aromatic hydroxyl groups is 1. The molecule has 0 aliphatic rings. The van der Waals surface area contributed by atoms with Gasteiger partial charge in [-0.1, -0.05) is 15.9 Å². The smallest absolute Gasteiger partial charge is 0.420 e. The van der Waals surface area contributed by atoms with Crippen LogP contribution in [0.5, 0.6) is 5.75 Å². The van der Waals surface area contributed by atoms with Crippen LogP contribution in [0, 0.1) is 0 Å². The number of phenols is 1. The molecule has 1 aromatic carbocycles. The fourth-order valence-electron chi connectivity index (χ4n) is 1.21. The second kappa shape index (κ2) is 4.53. The van der Waals surface area contributed by atoms with Crippen LogP contribution in [0.4, 0.5) is 13.2 Å². The predicted octanol–water partition coefficient (Wildman–Crippen LogP) is 2.26. The van der Waals surface area contributed by atoms with Crippen molar-refractivity contribution < 1.29 is 28.2 Å². The van der Waals surface area contributed by atoms with Gasteiger partial charge in [0, 0.05) is 10.0 Å². The van der Waals surface area contributed by atoms with E-state index >= 15 is 0 Å². The molecule has 1 aromatic rings. The highest BCUT2D eigenvalue weighted by molar-refractivity contribution is 9.10. The summed E-state index contributed by atoms with van der Waals surface area (Å²) in [7, 11) is 0. The van der Waals surface area contributed by atoms with Crippen LogP contribution < -0.4 is 5.73 Å². The summed E-state index contributed by atoms with van der Waals surface area (Å²) in [5.74, 6) is -2.71. The third kappa shape index (κ3) is 2.89. The fourth-order valence-corrected chi connectivity index (χ4v) is 1.68. The number of phenolic OH excluding ortho intramolecular Hbond substituents is 1. The maximum atomic E-state index is 12.5. The lowest BCUT2D eigenvalue weighted by Gasteiger charge is -2.15. The van der Waals surface area contributed by atoms with Crippen molar-refractivity contribution in [3.8, 4) is 5.75 Å². The average molecular weight is 314 g/mol. The monoisotopic (exact) mass is 313 g/mol. The van der Waals surface area contributed by atoms with E-state index in [1.165, 1.54) is 0 Å². The zero-order chi connectivity index (χ0) is 13.4. The fraction of sp³-hybridized carbons (Fsp3) is 0.222. The van der Waals surface area contributed by atoms with E-state index in [4.69, 9.17) is 10.8 Å². The topological polar surface area (TPSA) is 83.6 Å². The Morgan fingerprint density at radius 3 is 2.35 bits per heavy atom. The minimum Gasteiger partial charge on any atom is -0.507 e. The summed E-state index contributed by atoms with van der Waals surface area (Å²) in [5, 5.41) is 18.0. The predicted molar refractivity (Wildman–Crippen MR) is 55.4 cm³/mol. The van der Waals surface area contributed by atoms with Crippen LogP contribution in [0.2, 0.25) is 0 Å². The quantitative estimate of drug-likeness (QED) is 0.782. The summed E-state index contributed by atoms with van der Waals surface area (Å²) in [5.41, 5.74) is 3.34. The number of aliphatic carboxylic acids is 1. The average Bonchev–Trinajstić information content (AvgIpc) is 2.18. The van der Waals surface area contributed by atoms with Crippen molar-refractivity contribution in [2.45, 2.75) is 12.2 Å². The molecule has 0 aromatic heterocycles. The molecule has 4 N–H and O–H groups in total. The van der Waals surface area contributed by atoms with Crippen molar-refractivity contribution in [2.24, 2.45) is 5.73 Å². The minimum absolute atomic E-state index is 0.0191. The van der Waals surface area contributed by atoms with Gasteiger partial charge in [0.15, 0.2) is 0 Å². The summed E-state index contributed by atoms with van der Waals surface area (Å²) in [6.45, 7) is 0. The van der Waals surface area contributed by atoms with Gasteiger partial charge >= 0.3 is 12.1 Å². The molecule has 0 bridgehead atoms. The van der Waals surface area contributed by atoms with Gasteiger partial charge < -0.3 is 15.9 Å². The number of nitrogens with two attached hydrogens (primary N) is 1. The molecular formula is C9H7BrF3NO3. The molecule has 0 radical (unpaired) electrons.